The molecule has 120 valence electrons. The number of carbonyl (C=O) groups is 1. The van der Waals surface area contributed by atoms with Gasteiger partial charge in [0.15, 0.2) is 5.78 Å². The second kappa shape index (κ2) is 9.26. The van der Waals surface area contributed by atoms with Crippen LogP contribution in [-0.4, -0.2) is 19.9 Å². The Labute approximate surface area is 138 Å². The standard InChI is InChI=1S/C11H15NO.C8H8N2/c1-8(2)11(13)9-6-4-5-7-10(9)12-3;1-10-8-5-3-2-4-7(8)6-9/h4-8,12H,1-3H3;2-5,10H,1H3. The van der Waals surface area contributed by atoms with Crippen LogP contribution in [0.3, 0.4) is 0 Å². The summed E-state index contributed by atoms with van der Waals surface area (Å²) < 4.78 is 0. The molecule has 0 aliphatic rings. The van der Waals surface area contributed by atoms with Crippen molar-refractivity contribution in [1.82, 2.24) is 0 Å². The third kappa shape index (κ3) is 5.15. The van der Waals surface area contributed by atoms with E-state index in [1.807, 2.05) is 63.4 Å². The third-order valence-electron chi connectivity index (χ3n) is 3.30. The molecular weight excluding hydrogens is 286 g/mol. The van der Waals surface area contributed by atoms with Crippen molar-refractivity contribution in [3.8, 4) is 6.07 Å². The van der Waals surface area contributed by atoms with Gasteiger partial charge in [-0.2, -0.15) is 5.26 Å². The van der Waals surface area contributed by atoms with Crippen LogP contribution in [0.15, 0.2) is 48.5 Å². The first-order valence-electron chi connectivity index (χ1n) is 7.53. The Hall–Kier alpha value is -2.80. The summed E-state index contributed by atoms with van der Waals surface area (Å²) in [5, 5.41) is 14.5. The zero-order chi connectivity index (χ0) is 17.2. The van der Waals surface area contributed by atoms with Crippen LogP contribution in [0, 0.1) is 17.2 Å². The number of hydrogen-bond donors (Lipinski definition) is 2. The predicted octanol–water partition coefficient (Wildman–Crippen LogP) is 4.17. The molecule has 2 N–H and O–H groups in total. The SMILES string of the molecule is CNc1ccccc1C#N.CNc1ccccc1C(=O)C(C)C. The summed E-state index contributed by atoms with van der Waals surface area (Å²) in [6, 6.07) is 17.1. The van der Waals surface area contributed by atoms with Crippen molar-refractivity contribution in [2.45, 2.75) is 13.8 Å². The molecule has 4 heteroatoms. The molecule has 0 atom stereocenters. The molecule has 0 spiro atoms. The molecule has 4 nitrogen and oxygen atoms in total. The third-order valence-corrected chi connectivity index (χ3v) is 3.30. The molecule has 0 bridgehead atoms. The molecule has 0 saturated heterocycles. The fourth-order valence-corrected chi connectivity index (χ4v) is 2.03. The molecule has 2 aromatic carbocycles. The number of benzene rings is 2. The Bertz CT molecular complexity index is 687. The number of Topliss-reactive ketones (excluding diaryl/α,β-unsaturated/α-hetero) is 1. The highest BCUT2D eigenvalue weighted by Crippen LogP contribution is 2.17. The number of hydrogen-bond acceptors (Lipinski definition) is 4. The molecule has 2 rings (SSSR count). The van der Waals surface area contributed by atoms with Gasteiger partial charge in [-0.3, -0.25) is 4.79 Å². The first-order valence-corrected chi connectivity index (χ1v) is 7.53. The number of nitriles is 1. The summed E-state index contributed by atoms with van der Waals surface area (Å²) in [6.45, 7) is 3.82. The highest BCUT2D eigenvalue weighted by Gasteiger charge is 2.12. The zero-order valence-electron chi connectivity index (χ0n) is 14.1. The summed E-state index contributed by atoms with van der Waals surface area (Å²) in [4.78, 5) is 11.7. The Morgan fingerprint density at radius 3 is 1.96 bits per heavy atom. The van der Waals surface area contributed by atoms with Crippen LogP contribution in [0.4, 0.5) is 11.4 Å². The zero-order valence-corrected chi connectivity index (χ0v) is 14.1. The average Bonchev–Trinajstić information content (AvgIpc) is 2.61. The van der Waals surface area contributed by atoms with E-state index in [1.165, 1.54) is 0 Å². The van der Waals surface area contributed by atoms with E-state index in [0.717, 1.165) is 16.9 Å². The molecule has 0 heterocycles. The maximum Gasteiger partial charge on any atom is 0.167 e. The minimum Gasteiger partial charge on any atom is -0.388 e. The molecule has 0 aliphatic carbocycles. The van der Waals surface area contributed by atoms with Crippen molar-refractivity contribution < 1.29 is 4.79 Å². The van der Waals surface area contributed by atoms with Crippen molar-refractivity contribution in [2.75, 3.05) is 24.7 Å². The van der Waals surface area contributed by atoms with Crippen LogP contribution >= 0.6 is 0 Å². The molecule has 2 aromatic rings. The van der Waals surface area contributed by atoms with E-state index in [9.17, 15) is 4.79 Å². The number of anilines is 2. The van der Waals surface area contributed by atoms with E-state index < -0.39 is 0 Å². The molecule has 23 heavy (non-hydrogen) atoms. The van der Waals surface area contributed by atoms with E-state index in [-0.39, 0.29) is 11.7 Å². The number of ketones is 1. The van der Waals surface area contributed by atoms with Gasteiger partial charge < -0.3 is 10.6 Å². The number of nitrogens with zero attached hydrogens (tertiary/aromatic N) is 1. The number of nitrogens with one attached hydrogen (secondary N) is 2. The van der Waals surface area contributed by atoms with Gasteiger partial charge in [0.05, 0.1) is 11.3 Å². The number of para-hydroxylation sites is 2. The lowest BCUT2D eigenvalue weighted by molar-refractivity contribution is 0.0940. The lowest BCUT2D eigenvalue weighted by Gasteiger charge is -2.09. The van der Waals surface area contributed by atoms with Crippen LogP contribution in [-0.2, 0) is 0 Å². The van der Waals surface area contributed by atoms with E-state index >= 15 is 0 Å². The smallest absolute Gasteiger partial charge is 0.167 e. The summed E-state index contributed by atoms with van der Waals surface area (Å²) in [5.41, 5.74) is 3.25. The van der Waals surface area contributed by atoms with Crippen molar-refractivity contribution >= 4 is 17.2 Å². The Kier molecular flexibility index (Phi) is 7.35. The second-order valence-electron chi connectivity index (χ2n) is 5.22. The lowest BCUT2D eigenvalue weighted by atomic mass is 10.00. The normalized spacial score (nSPS) is 9.39. The van der Waals surface area contributed by atoms with E-state index in [1.54, 1.807) is 13.1 Å². The van der Waals surface area contributed by atoms with Crippen LogP contribution in [0.25, 0.3) is 0 Å². The summed E-state index contributed by atoms with van der Waals surface area (Å²) in [6.07, 6.45) is 0. The van der Waals surface area contributed by atoms with Crippen molar-refractivity contribution in [3.05, 3.63) is 59.7 Å². The number of carbonyl (C=O) groups excluding carboxylic acids is 1. The molecule has 0 aliphatic heterocycles. The highest BCUT2D eigenvalue weighted by atomic mass is 16.1. The van der Waals surface area contributed by atoms with Gasteiger partial charge in [-0.15, -0.1) is 0 Å². The molecule has 0 radical (unpaired) electrons. The molecular formula is C19H23N3O. The molecule has 0 fully saturated rings. The van der Waals surface area contributed by atoms with Gasteiger partial charge in [0, 0.05) is 31.3 Å². The van der Waals surface area contributed by atoms with Crippen molar-refractivity contribution in [3.63, 3.8) is 0 Å². The fraction of sp³-hybridized carbons (Fsp3) is 0.263. The van der Waals surface area contributed by atoms with Gasteiger partial charge in [-0.1, -0.05) is 38.1 Å². The molecule has 0 saturated carbocycles. The first-order chi connectivity index (χ1) is 11.0. The van der Waals surface area contributed by atoms with Crippen LogP contribution in [0.1, 0.15) is 29.8 Å². The van der Waals surface area contributed by atoms with E-state index in [0.29, 0.717) is 5.56 Å². The van der Waals surface area contributed by atoms with E-state index in [4.69, 9.17) is 5.26 Å². The Balaban J connectivity index is 0.000000238. The maximum absolute atomic E-state index is 11.7. The van der Waals surface area contributed by atoms with Gasteiger partial charge in [0.2, 0.25) is 0 Å². The van der Waals surface area contributed by atoms with Gasteiger partial charge in [0.25, 0.3) is 0 Å². The van der Waals surface area contributed by atoms with Crippen LogP contribution in [0.2, 0.25) is 0 Å². The average molecular weight is 309 g/mol. The van der Waals surface area contributed by atoms with Gasteiger partial charge in [0.1, 0.15) is 6.07 Å². The lowest BCUT2D eigenvalue weighted by Crippen LogP contribution is -2.09. The van der Waals surface area contributed by atoms with E-state index in [2.05, 4.69) is 16.7 Å². The minimum atomic E-state index is 0.0505. The maximum atomic E-state index is 11.7. The highest BCUT2D eigenvalue weighted by molar-refractivity contribution is 6.02. The first kappa shape index (κ1) is 18.2. The summed E-state index contributed by atoms with van der Waals surface area (Å²) in [7, 11) is 3.63. The minimum absolute atomic E-state index is 0.0505. The second-order valence-corrected chi connectivity index (χ2v) is 5.22. The fourth-order valence-electron chi connectivity index (χ4n) is 2.03. The number of rotatable bonds is 4. The van der Waals surface area contributed by atoms with Crippen molar-refractivity contribution in [2.24, 2.45) is 5.92 Å². The molecule has 0 unspecified atom stereocenters. The summed E-state index contributed by atoms with van der Waals surface area (Å²) in [5.74, 6) is 0.236. The topological polar surface area (TPSA) is 64.9 Å². The summed E-state index contributed by atoms with van der Waals surface area (Å²) >= 11 is 0. The van der Waals surface area contributed by atoms with Gasteiger partial charge in [-0.05, 0) is 24.3 Å². The molecule has 0 amide bonds. The monoisotopic (exact) mass is 309 g/mol. The predicted molar refractivity (Wildman–Crippen MR) is 95.9 cm³/mol. The van der Waals surface area contributed by atoms with Crippen LogP contribution < -0.4 is 10.6 Å². The largest absolute Gasteiger partial charge is 0.388 e. The van der Waals surface area contributed by atoms with Crippen LogP contribution in [0.5, 0.6) is 0 Å². The molecule has 0 aromatic heterocycles. The Morgan fingerprint density at radius 1 is 0.957 bits per heavy atom. The quantitative estimate of drug-likeness (QED) is 0.832. The van der Waals surface area contributed by atoms with Gasteiger partial charge in [-0.25, -0.2) is 0 Å². The Morgan fingerprint density at radius 2 is 1.48 bits per heavy atom. The van der Waals surface area contributed by atoms with Crippen molar-refractivity contribution in [1.29, 1.82) is 5.26 Å². The van der Waals surface area contributed by atoms with Gasteiger partial charge >= 0.3 is 0 Å².